The minimum absolute atomic E-state index is 0.00238. The van der Waals surface area contributed by atoms with Crippen molar-refractivity contribution >= 4 is 11.6 Å². The van der Waals surface area contributed by atoms with Crippen molar-refractivity contribution in [1.82, 2.24) is 0 Å². The number of nitrogens with zero attached hydrogens (tertiary/aromatic N) is 1. The molecular weight excluding hydrogens is 240 g/mol. The Balaban J connectivity index is 2.01. The maximum Gasteiger partial charge on any atom is 0.267 e. The van der Waals surface area contributed by atoms with E-state index in [4.69, 9.17) is 10.5 Å². The summed E-state index contributed by atoms with van der Waals surface area (Å²) < 4.78 is 5.73. The fourth-order valence-corrected chi connectivity index (χ4v) is 3.06. The molecule has 4 nitrogen and oxygen atoms in total. The molecule has 1 heterocycles. The Labute approximate surface area is 113 Å². The van der Waals surface area contributed by atoms with E-state index in [0.29, 0.717) is 6.54 Å². The average Bonchev–Trinajstić information content (AvgIpc) is 2.35. The van der Waals surface area contributed by atoms with Crippen LogP contribution in [-0.4, -0.2) is 25.6 Å². The molecule has 1 aliphatic heterocycles. The van der Waals surface area contributed by atoms with Crippen molar-refractivity contribution in [2.45, 2.75) is 37.7 Å². The molecule has 1 saturated carbocycles. The van der Waals surface area contributed by atoms with Crippen LogP contribution in [0.1, 0.15) is 31.7 Å². The van der Waals surface area contributed by atoms with Gasteiger partial charge in [0.1, 0.15) is 5.75 Å². The van der Waals surface area contributed by atoms with Crippen molar-refractivity contribution in [3.8, 4) is 5.75 Å². The monoisotopic (exact) mass is 260 g/mol. The second-order valence-electron chi connectivity index (χ2n) is 5.68. The Bertz CT molecular complexity index is 517. The van der Waals surface area contributed by atoms with Gasteiger partial charge in [0.25, 0.3) is 5.91 Å². The lowest BCUT2D eigenvalue weighted by Crippen LogP contribution is -2.43. The van der Waals surface area contributed by atoms with Crippen LogP contribution < -0.4 is 15.4 Å². The van der Waals surface area contributed by atoms with Crippen molar-refractivity contribution in [3.63, 3.8) is 0 Å². The molecule has 1 amide bonds. The fourth-order valence-electron chi connectivity index (χ4n) is 3.06. The van der Waals surface area contributed by atoms with Gasteiger partial charge in [-0.1, -0.05) is 12.5 Å². The summed E-state index contributed by atoms with van der Waals surface area (Å²) in [6.45, 7) is 2.46. The predicted molar refractivity (Wildman–Crippen MR) is 74.5 cm³/mol. The number of amides is 1. The number of carbonyl (C=O) groups excluding carboxylic acids is 1. The average molecular weight is 260 g/mol. The van der Waals surface area contributed by atoms with Gasteiger partial charge >= 0.3 is 0 Å². The highest BCUT2D eigenvalue weighted by atomic mass is 16.5. The van der Waals surface area contributed by atoms with Gasteiger partial charge in [0.05, 0.1) is 5.69 Å². The molecule has 1 aromatic carbocycles. The summed E-state index contributed by atoms with van der Waals surface area (Å²) in [5.41, 5.74) is 8.17. The SMILES string of the molecule is CC1Oc2cc(C3(CN)CCC3)ccc2N(C)C1=O. The quantitative estimate of drug-likeness (QED) is 0.882. The van der Waals surface area contributed by atoms with Gasteiger partial charge in [0.15, 0.2) is 6.10 Å². The van der Waals surface area contributed by atoms with Crippen LogP contribution in [0, 0.1) is 0 Å². The number of fused-ring (bicyclic) bond motifs is 1. The van der Waals surface area contributed by atoms with Crippen molar-refractivity contribution in [2.24, 2.45) is 5.73 Å². The molecule has 2 aliphatic rings. The Morgan fingerprint density at radius 2 is 2.21 bits per heavy atom. The van der Waals surface area contributed by atoms with Gasteiger partial charge in [0, 0.05) is 19.0 Å². The van der Waals surface area contributed by atoms with Gasteiger partial charge in [-0.25, -0.2) is 0 Å². The van der Waals surface area contributed by atoms with Crippen LogP contribution >= 0.6 is 0 Å². The maximum atomic E-state index is 11.9. The number of anilines is 1. The van der Waals surface area contributed by atoms with E-state index in [1.165, 1.54) is 12.0 Å². The Kier molecular flexibility index (Phi) is 2.78. The van der Waals surface area contributed by atoms with E-state index >= 15 is 0 Å². The van der Waals surface area contributed by atoms with Crippen LogP contribution in [0.3, 0.4) is 0 Å². The first-order valence-electron chi connectivity index (χ1n) is 6.86. The molecule has 1 unspecified atom stereocenters. The molecule has 0 aromatic heterocycles. The number of ether oxygens (including phenoxy) is 1. The van der Waals surface area contributed by atoms with Gasteiger partial charge in [-0.05, 0) is 37.5 Å². The van der Waals surface area contributed by atoms with E-state index in [0.717, 1.165) is 24.3 Å². The topological polar surface area (TPSA) is 55.6 Å². The summed E-state index contributed by atoms with van der Waals surface area (Å²) in [6.07, 6.45) is 3.12. The Morgan fingerprint density at radius 3 is 2.79 bits per heavy atom. The summed E-state index contributed by atoms with van der Waals surface area (Å²) in [5, 5.41) is 0. The van der Waals surface area contributed by atoms with Crippen molar-refractivity contribution < 1.29 is 9.53 Å². The number of hydrogen-bond acceptors (Lipinski definition) is 3. The summed E-state index contributed by atoms with van der Waals surface area (Å²) in [6, 6.07) is 6.14. The fraction of sp³-hybridized carbons (Fsp3) is 0.533. The van der Waals surface area contributed by atoms with Gasteiger partial charge < -0.3 is 15.4 Å². The zero-order valence-electron chi connectivity index (χ0n) is 11.5. The number of rotatable bonds is 2. The van der Waals surface area contributed by atoms with Gasteiger partial charge in [-0.15, -0.1) is 0 Å². The summed E-state index contributed by atoms with van der Waals surface area (Å²) >= 11 is 0. The molecule has 2 N–H and O–H groups in total. The molecular formula is C15H20N2O2. The van der Waals surface area contributed by atoms with E-state index in [2.05, 4.69) is 12.1 Å². The molecule has 4 heteroatoms. The van der Waals surface area contributed by atoms with Gasteiger partial charge in [0.2, 0.25) is 0 Å². The second kappa shape index (κ2) is 4.23. The zero-order valence-corrected chi connectivity index (χ0v) is 11.5. The number of hydrogen-bond donors (Lipinski definition) is 1. The predicted octanol–water partition coefficient (Wildman–Crippen LogP) is 1.81. The Hall–Kier alpha value is -1.55. The molecule has 0 radical (unpaired) electrons. The van der Waals surface area contributed by atoms with E-state index < -0.39 is 6.10 Å². The third-order valence-electron chi connectivity index (χ3n) is 4.62. The normalized spacial score (nSPS) is 24.5. The lowest BCUT2D eigenvalue weighted by Gasteiger charge is -2.42. The molecule has 0 spiro atoms. The standard InChI is InChI=1S/C15H20N2O2/c1-10-14(18)17(2)12-5-4-11(8-13(12)19-10)15(9-16)6-3-7-15/h4-5,8,10H,3,6-7,9,16H2,1-2H3. The molecule has 0 saturated heterocycles. The molecule has 1 aliphatic carbocycles. The first-order chi connectivity index (χ1) is 9.07. The summed E-state index contributed by atoms with van der Waals surface area (Å²) in [5.74, 6) is 0.796. The lowest BCUT2D eigenvalue weighted by atomic mass is 9.64. The second-order valence-corrected chi connectivity index (χ2v) is 5.68. The number of likely N-dealkylation sites (N-methyl/N-ethyl adjacent to an activating group) is 1. The first kappa shape index (κ1) is 12.5. The third-order valence-corrected chi connectivity index (χ3v) is 4.62. The number of benzene rings is 1. The van der Waals surface area contributed by atoms with Crippen LogP contribution in [0.15, 0.2) is 18.2 Å². The van der Waals surface area contributed by atoms with E-state index in [9.17, 15) is 4.79 Å². The summed E-state index contributed by atoms with van der Waals surface area (Å²) in [7, 11) is 1.79. The molecule has 19 heavy (non-hydrogen) atoms. The van der Waals surface area contributed by atoms with Crippen LogP contribution in [-0.2, 0) is 10.2 Å². The van der Waals surface area contributed by atoms with Crippen molar-refractivity contribution in [1.29, 1.82) is 0 Å². The van der Waals surface area contributed by atoms with E-state index in [1.54, 1.807) is 18.9 Å². The van der Waals surface area contributed by atoms with Crippen molar-refractivity contribution in [2.75, 3.05) is 18.5 Å². The van der Waals surface area contributed by atoms with Crippen LogP contribution in [0.4, 0.5) is 5.69 Å². The molecule has 3 rings (SSSR count). The molecule has 1 fully saturated rings. The van der Waals surface area contributed by atoms with E-state index in [-0.39, 0.29) is 11.3 Å². The van der Waals surface area contributed by atoms with Crippen LogP contribution in [0.2, 0.25) is 0 Å². The highest BCUT2D eigenvalue weighted by Gasteiger charge is 2.38. The highest BCUT2D eigenvalue weighted by Crippen LogP contribution is 2.45. The lowest BCUT2D eigenvalue weighted by molar-refractivity contribution is -0.125. The number of carbonyl (C=O) groups is 1. The number of nitrogens with two attached hydrogens (primary N) is 1. The minimum atomic E-state index is -0.414. The molecule has 1 atom stereocenters. The maximum absolute atomic E-state index is 11.9. The molecule has 1 aromatic rings. The van der Waals surface area contributed by atoms with Gasteiger partial charge in [-0.3, -0.25) is 4.79 Å². The molecule has 102 valence electrons. The first-order valence-corrected chi connectivity index (χ1v) is 6.86. The Morgan fingerprint density at radius 1 is 1.47 bits per heavy atom. The molecule has 0 bridgehead atoms. The summed E-state index contributed by atoms with van der Waals surface area (Å²) in [4.78, 5) is 13.5. The third kappa shape index (κ3) is 1.74. The van der Waals surface area contributed by atoms with Crippen LogP contribution in [0.5, 0.6) is 5.75 Å². The smallest absolute Gasteiger partial charge is 0.267 e. The minimum Gasteiger partial charge on any atom is -0.479 e. The zero-order chi connectivity index (χ0) is 13.6. The van der Waals surface area contributed by atoms with Crippen molar-refractivity contribution in [3.05, 3.63) is 23.8 Å². The van der Waals surface area contributed by atoms with Crippen LogP contribution in [0.25, 0.3) is 0 Å². The van der Waals surface area contributed by atoms with E-state index in [1.807, 2.05) is 6.07 Å². The largest absolute Gasteiger partial charge is 0.479 e. The van der Waals surface area contributed by atoms with Gasteiger partial charge in [-0.2, -0.15) is 0 Å². The highest BCUT2D eigenvalue weighted by molar-refractivity contribution is 5.99.